The van der Waals surface area contributed by atoms with Gasteiger partial charge < -0.3 is 10.1 Å². The number of rotatable bonds is 5. The summed E-state index contributed by atoms with van der Waals surface area (Å²) >= 11 is 6.17. The summed E-state index contributed by atoms with van der Waals surface area (Å²) in [7, 11) is 0. The second-order valence-electron chi connectivity index (χ2n) is 9.30. The van der Waals surface area contributed by atoms with Crippen molar-refractivity contribution < 1.29 is 19.1 Å². The Morgan fingerprint density at radius 3 is 2.56 bits per heavy atom. The van der Waals surface area contributed by atoms with Crippen molar-refractivity contribution in [1.29, 1.82) is 0 Å². The number of halogens is 1. The number of esters is 1. The van der Waals surface area contributed by atoms with Gasteiger partial charge in [-0.3, -0.25) is 19.2 Å². The average Bonchev–Trinajstić information content (AvgIpc) is 3.04. The number of aryl methyl sites for hydroxylation is 1. The molecule has 9 heteroatoms. The summed E-state index contributed by atoms with van der Waals surface area (Å²) in [5.74, 6) is -1.24. The molecular weight excluding hydrogens is 456 g/mol. The van der Waals surface area contributed by atoms with Gasteiger partial charge in [-0.2, -0.15) is 5.10 Å². The van der Waals surface area contributed by atoms with Crippen molar-refractivity contribution in [3.63, 3.8) is 0 Å². The quantitative estimate of drug-likeness (QED) is 0.503. The molecule has 1 saturated carbocycles. The number of amides is 2. The van der Waals surface area contributed by atoms with Crippen LogP contribution in [-0.4, -0.2) is 45.8 Å². The maximum Gasteiger partial charge on any atom is 0.358 e. The minimum atomic E-state index is -1.26. The Labute approximate surface area is 204 Å². The first-order valence-corrected chi connectivity index (χ1v) is 12.3. The molecule has 1 aromatic carbocycles. The van der Waals surface area contributed by atoms with Crippen molar-refractivity contribution >= 4 is 35.1 Å². The Balaban J connectivity index is 1.76. The standard InChI is InChI=1S/C25H31ClN4O4/c1-4-34-23(32)19-14-21-22(31)30(20-12-11-17(26)13-16(20)2)25(3,15-29(21)28-19)24(33)27-18-9-7-5-6-8-10-18/h11-14,18H,4-10,15H2,1-3H3,(H,27,33). The van der Waals surface area contributed by atoms with Crippen LogP contribution in [-0.2, 0) is 16.1 Å². The number of benzene rings is 1. The fourth-order valence-corrected chi connectivity index (χ4v) is 5.12. The van der Waals surface area contributed by atoms with Crippen molar-refractivity contribution in [2.75, 3.05) is 11.5 Å². The molecule has 0 spiro atoms. The highest BCUT2D eigenvalue weighted by atomic mass is 35.5. The molecular formula is C25H31ClN4O4. The molecule has 2 aromatic rings. The largest absolute Gasteiger partial charge is 0.461 e. The van der Waals surface area contributed by atoms with Gasteiger partial charge in [-0.15, -0.1) is 0 Å². The monoisotopic (exact) mass is 486 g/mol. The van der Waals surface area contributed by atoms with Gasteiger partial charge in [0.25, 0.3) is 5.91 Å². The second kappa shape index (κ2) is 9.78. The number of nitrogens with zero attached hydrogens (tertiary/aromatic N) is 3. The predicted molar refractivity (Wildman–Crippen MR) is 129 cm³/mol. The molecule has 1 N–H and O–H groups in total. The SMILES string of the molecule is CCOC(=O)c1cc2n(n1)CC(C)(C(=O)NC1CCCCCC1)N(c1ccc(Cl)cc1C)C2=O. The van der Waals surface area contributed by atoms with Crippen LogP contribution in [0.1, 0.15) is 78.9 Å². The molecule has 1 unspecified atom stereocenters. The summed E-state index contributed by atoms with van der Waals surface area (Å²) < 4.78 is 6.51. The number of aromatic nitrogens is 2. The highest BCUT2D eigenvalue weighted by molar-refractivity contribution is 6.30. The first-order valence-electron chi connectivity index (χ1n) is 11.9. The lowest BCUT2D eigenvalue weighted by molar-refractivity contribution is -0.127. The third-order valence-electron chi connectivity index (χ3n) is 6.72. The molecule has 4 rings (SSSR count). The molecule has 2 heterocycles. The first kappa shape index (κ1) is 24.3. The van der Waals surface area contributed by atoms with Crippen LogP contribution < -0.4 is 10.2 Å². The second-order valence-corrected chi connectivity index (χ2v) is 9.74. The van der Waals surface area contributed by atoms with E-state index in [1.165, 1.54) is 28.5 Å². The fraction of sp³-hybridized carbons (Fsp3) is 0.520. The van der Waals surface area contributed by atoms with Gasteiger partial charge in [0.2, 0.25) is 5.91 Å². The van der Waals surface area contributed by atoms with Crippen molar-refractivity contribution in [3.05, 3.63) is 46.2 Å². The number of hydrogen-bond acceptors (Lipinski definition) is 5. The van der Waals surface area contributed by atoms with Gasteiger partial charge in [0, 0.05) is 22.8 Å². The van der Waals surface area contributed by atoms with Crippen LogP contribution in [0.3, 0.4) is 0 Å². The normalized spacial score (nSPS) is 21.1. The summed E-state index contributed by atoms with van der Waals surface area (Å²) in [5, 5.41) is 8.07. The third-order valence-corrected chi connectivity index (χ3v) is 6.95. The minimum absolute atomic E-state index is 0.0476. The summed E-state index contributed by atoms with van der Waals surface area (Å²) in [6.07, 6.45) is 6.35. The molecule has 1 aliphatic carbocycles. The first-order chi connectivity index (χ1) is 16.2. The summed E-state index contributed by atoms with van der Waals surface area (Å²) in [4.78, 5) is 41.4. The zero-order valence-electron chi connectivity index (χ0n) is 19.9. The maximum atomic E-state index is 13.8. The van der Waals surface area contributed by atoms with Gasteiger partial charge >= 0.3 is 5.97 Å². The highest BCUT2D eigenvalue weighted by Gasteiger charge is 2.50. The number of anilines is 1. The van der Waals surface area contributed by atoms with E-state index in [0.717, 1.165) is 31.2 Å². The van der Waals surface area contributed by atoms with E-state index in [2.05, 4.69) is 10.4 Å². The van der Waals surface area contributed by atoms with Gasteiger partial charge in [-0.05, 0) is 57.4 Å². The van der Waals surface area contributed by atoms with Crippen molar-refractivity contribution in [3.8, 4) is 0 Å². The smallest absolute Gasteiger partial charge is 0.358 e. The molecule has 8 nitrogen and oxygen atoms in total. The van der Waals surface area contributed by atoms with E-state index in [1.54, 1.807) is 32.0 Å². The van der Waals surface area contributed by atoms with Crippen LogP contribution in [0.2, 0.25) is 5.02 Å². The molecule has 2 amide bonds. The van der Waals surface area contributed by atoms with E-state index in [0.29, 0.717) is 10.7 Å². The van der Waals surface area contributed by atoms with Crippen LogP contribution in [0.25, 0.3) is 0 Å². The number of nitrogens with one attached hydrogen (secondary N) is 1. The lowest BCUT2D eigenvalue weighted by Crippen LogP contribution is -2.65. The summed E-state index contributed by atoms with van der Waals surface area (Å²) in [6, 6.07) is 6.73. The Bertz CT molecular complexity index is 1110. The Morgan fingerprint density at radius 2 is 1.91 bits per heavy atom. The minimum Gasteiger partial charge on any atom is -0.461 e. The molecule has 34 heavy (non-hydrogen) atoms. The number of carbonyl (C=O) groups is 3. The molecule has 1 aromatic heterocycles. The Morgan fingerprint density at radius 1 is 1.21 bits per heavy atom. The van der Waals surface area contributed by atoms with E-state index in [-0.39, 0.29) is 36.5 Å². The van der Waals surface area contributed by atoms with E-state index in [4.69, 9.17) is 16.3 Å². The molecule has 0 saturated heterocycles. The molecule has 1 fully saturated rings. The number of hydrogen-bond donors (Lipinski definition) is 1. The number of carbonyl (C=O) groups excluding carboxylic acids is 3. The van der Waals surface area contributed by atoms with E-state index in [1.807, 2.05) is 6.92 Å². The molecule has 0 bridgehead atoms. The van der Waals surface area contributed by atoms with E-state index < -0.39 is 17.4 Å². The lowest BCUT2D eigenvalue weighted by Gasteiger charge is -2.44. The third kappa shape index (κ3) is 4.56. The van der Waals surface area contributed by atoms with Crippen LogP contribution in [0.5, 0.6) is 0 Å². The van der Waals surface area contributed by atoms with Gasteiger partial charge in [-0.25, -0.2) is 4.79 Å². The maximum absolute atomic E-state index is 13.8. The molecule has 1 aliphatic heterocycles. The van der Waals surface area contributed by atoms with Gasteiger partial charge in [0.15, 0.2) is 5.69 Å². The van der Waals surface area contributed by atoms with Crippen LogP contribution in [0.15, 0.2) is 24.3 Å². The van der Waals surface area contributed by atoms with Crippen LogP contribution in [0.4, 0.5) is 5.69 Å². The van der Waals surface area contributed by atoms with Crippen molar-refractivity contribution in [2.24, 2.45) is 0 Å². The van der Waals surface area contributed by atoms with E-state index in [9.17, 15) is 14.4 Å². The predicted octanol–water partition coefficient (Wildman–Crippen LogP) is 4.28. The van der Waals surface area contributed by atoms with Gasteiger partial charge in [0.05, 0.1) is 13.2 Å². The van der Waals surface area contributed by atoms with Gasteiger partial charge in [0.1, 0.15) is 11.2 Å². The summed E-state index contributed by atoms with van der Waals surface area (Å²) in [6.45, 7) is 5.62. The fourth-order valence-electron chi connectivity index (χ4n) is 4.90. The van der Waals surface area contributed by atoms with Crippen molar-refractivity contribution in [1.82, 2.24) is 15.1 Å². The Hall–Kier alpha value is -2.87. The van der Waals surface area contributed by atoms with Gasteiger partial charge in [-0.1, -0.05) is 37.3 Å². The zero-order valence-corrected chi connectivity index (χ0v) is 20.7. The van der Waals surface area contributed by atoms with Crippen molar-refractivity contribution in [2.45, 2.75) is 77.4 Å². The van der Waals surface area contributed by atoms with Crippen LogP contribution in [0, 0.1) is 6.92 Å². The number of ether oxygens (including phenoxy) is 1. The van der Waals surface area contributed by atoms with Crippen LogP contribution >= 0.6 is 11.6 Å². The Kier molecular flexibility index (Phi) is 6.98. The summed E-state index contributed by atoms with van der Waals surface area (Å²) in [5.41, 5.74) is 0.391. The molecule has 2 aliphatic rings. The molecule has 182 valence electrons. The zero-order chi connectivity index (χ0) is 24.5. The highest BCUT2D eigenvalue weighted by Crippen LogP contribution is 2.36. The molecule has 1 atom stereocenters. The average molecular weight is 487 g/mol. The number of fused-ring (bicyclic) bond motifs is 1. The lowest BCUT2D eigenvalue weighted by atomic mass is 9.92. The van der Waals surface area contributed by atoms with E-state index >= 15 is 0 Å². The molecule has 0 radical (unpaired) electrons. The topological polar surface area (TPSA) is 93.5 Å².